The van der Waals surface area contributed by atoms with E-state index in [-0.39, 0.29) is 35.6 Å². The average molecular weight is 417 g/mol. The summed E-state index contributed by atoms with van der Waals surface area (Å²) in [6.45, 7) is 2.50. The Balaban J connectivity index is 1.57. The van der Waals surface area contributed by atoms with E-state index in [0.717, 1.165) is 22.9 Å². The molecule has 1 aromatic carbocycles. The van der Waals surface area contributed by atoms with Gasteiger partial charge in [0.2, 0.25) is 11.8 Å². The van der Waals surface area contributed by atoms with Crippen LogP contribution in [0.2, 0.25) is 0 Å². The fourth-order valence-electron chi connectivity index (χ4n) is 4.73. The summed E-state index contributed by atoms with van der Waals surface area (Å²) in [5.74, 6) is -0.873. The SMILES string of the molecule is CNC(C)C(=O)NC(CO)C(=O)N1CCC2NCC(c3c[nH]c4cc(F)ccc34)C21. The Morgan fingerprint density at radius 3 is 2.93 bits per heavy atom. The smallest absolute Gasteiger partial charge is 0.247 e. The van der Waals surface area contributed by atoms with Gasteiger partial charge < -0.3 is 30.9 Å². The molecule has 4 rings (SSSR count). The van der Waals surface area contributed by atoms with Crippen LogP contribution in [0.1, 0.15) is 24.8 Å². The fourth-order valence-corrected chi connectivity index (χ4v) is 4.73. The molecule has 5 atom stereocenters. The van der Waals surface area contributed by atoms with Gasteiger partial charge in [0.1, 0.15) is 11.9 Å². The molecule has 2 saturated heterocycles. The van der Waals surface area contributed by atoms with Crippen molar-refractivity contribution in [3.63, 3.8) is 0 Å². The van der Waals surface area contributed by atoms with E-state index < -0.39 is 18.7 Å². The highest BCUT2D eigenvalue weighted by atomic mass is 19.1. The zero-order chi connectivity index (χ0) is 21.4. The number of aromatic nitrogens is 1. The van der Waals surface area contributed by atoms with Gasteiger partial charge in [0.05, 0.1) is 18.7 Å². The van der Waals surface area contributed by atoms with Crippen LogP contribution in [-0.2, 0) is 9.59 Å². The van der Waals surface area contributed by atoms with Gasteiger partial charge in [-0.15, -0.1) is 0 Å². The molecule has 2 aliphatic rings. The molecule has 162 valence electrons. The van der Waals surface area contributed by atoms with Gasteiger partial charge in [-0.1, -0.05) is 0 Å². The number of likely N-dealkylation sites (tertiary alicyclic amines) is 1. The number of hydrogen-bond donors (Lipinski definition) is 5. The van der Waals surface area contributed by atoms with Crippen LogP contribution in [0.15, 0.2) is 24.4 Å². The van der Waals surface area contributed by atoms with Crippen molar-refractivity contribution in [2.75, 3.05) is 26.7 Å². The monoisotopic (exact) mass is 417 g/mol. The van der Waals surface area contributed by atoms with Gasteiger partial charge in [-0.3, -0.25) is 9.59 Å². The molecule has 5 N–H and O–H groups in total. The number of nitrogens with one attached hydrogen (secondary N) is 4. The number of halogens is 1. The summed E-state index contributed by atoms with van der Waals surface area (Å²) >= 11 is 0. The Morgan fingerprint density at radius 2 is 2.20 bits per heavy atom. The van der Waals surface area contributed by atoms with E-state index in [1.165, 1.54) is 12.1 Å². The number of rotatable bonds is 6. The number of hydrogen-bond acceptors (Lipinski definition) is 5. The van der Waals surface area contributed by atoms with Crippen molar-refractivity contribution in [3.8, 4) is 0 Å². The summed E-state index contributed by atoms with van der Waals surface area (Å²) in [6, 6.07) is 3.29. The number of aliphatic hydroxyl groups excluding tert-OH is 1. The molecule has 0 radical (unpaired) electrons. The fraction of sp³-hybridized carbons (Fsp3) is 0.524. The van der Waals surface area contributed by atoms with Crippen LogP contribution in [0.4, 0.5) is 4.39 Å². The number of carbonyl (C=O) groups is 2. The molecule has 0 spiro atoms. The highest BCUT2D eigenvalue weighted by Gasteiger charge is 2.48. The molecular formula is C21H28FN5O3. The Kier molecular flexibility index (Phi) is 5.77. The molecule has 8 nitrogen and oxygen atoms in total. The van der Waals surface area contributed by atoms with Crippen LogP contribution in [0.3, 0.4) is 0 Å². The van der Waals surface area contributed by atoms with Gasteiger partial charge in [-0.05, 0) is 44.2 Å². The molecule has 2 fully saturated rings. The molecule has 2 aromatic rings. The molecule has 2 amide bonds. The molecule has 0 bridgehead atoms. The zero-order valence-corrected chi connectivity index (χ0v) is 17.1. The predicted octanol–water partition coefficient (Wildman–Crippen LogP) is 0.0483. The first-order valence-corrected chi connectivity index (χ1v) is 10.3. The summed E-state index contributed by atoms with van der Waals surface area (Å²) in [5, 5.41) is 19.7. The summed E-state index contributed by atoms with van der Waals surface area (Å²) in [4.78, 5) is 30.4. The molecule has 0 saturated carbocycles. The lowest BCUT2D eigenvalue weighted by atomic mass is 9.91. The maximum Gasteiger partial charge on any atom is 0.247 e. The van der Waals surface area contributed by atoms with Crippen LogP contribution >= 0.6 is 0 Å². The van der Waals surface area contributed by atoms with Crippen LogP contribution in [0, 0.1) is 5.82 Å². The van der Waals surface area contributed by atoms with Gasteiger partial charge in [0.15, 0.2) is 0 Å². The second-order valence-electron chi connectivity index (χ2n) is 8.12. The van der Waals surface area contributed by atoms with Crippen molar-refractivity contribution in [2.45, 2.75) is 43.4 Å². The van der Waals surface area contributed by atoms with E-state index in [9.17, 15) is 19.1 Å². The van der Waals surface area contributed by atoms with Crippen molar-refractivity contribution in [1.29, 1.82) is 0 Å². The molecular weight excluding hydrogens is 389 g/mol. The number of amides is 2. The Labute approximate surface area is 174 Å². The van der Waals surface area contributed by atoms with Gasteiger partial charge in [-0.2, -0.15) is 0 Å². The van der Waals surface area contributed by atoms with E-state index in [4.69, 9.17) is 0 Å². The lowest BCUT2D eigenvalue weighted by Crippen LogP contribution is -2.55. The van der Waals surface area contributed by atoms with Crippen molar-refractivity contribution < 1.29 is 19.1 Å². The molecule has 5 unspecified atom stereocenters. The minimum Gasteiger partial charge on any atom is -0.394 e. The number of aromatic amines is 1. The molecule has 0 aliphatic carbocycles. The zero-order valence-electron chi connectivity index (χ0n) is 17.1. The van der Waals surface area contributed by atoms with Gasteiger partial charge in [0, 0.05) is 42.1 Å². The normalized spacial score (nSPS) is 25.3. The van der Waals surface area contributed by atoms with Gasteiger partial charge >= 0.3 is 0 Å². The lowest BCUT2D eigenvalue weighted by Gasteiger charge is -2.31. The minimum atomic E-state index is -0.981. The van der Waals surface area contributed by atoms with E-state index in [1.54, 1.807) is 24.9 Å². The number of fused-ring (bicyclic) bond motifs is 2. The van der Waals surface area contributed by atoms with E-state index in [0.29, 0.717) is 13.1 Å². The van der Waals surface area contributed by atoms with Gasteiger partial charge in [-0.25, -0.2) is 4.39 Å². The second kappa shape index (κ2) is 8.33. The quantitative estimate of drug-likeness (QED) is 0.456. The maximum atomic E-state index is 13.6. The van der Waals surface area contributed by atoms with Crippen LogP contribution in [0.5, 0.6) is 0 Å². The van der Waals surface area contributed by atoms with E-state index in [2.05, 4.69) is 20.9 Å². The average Bonchev–Trinajstić information content (AvgIpc) is 3.45. The number of H-pyrrole nitrogens is 1. The first-order chi connectivity index (χ1) is 14.4. The Bertz CT molecular complexity index is 948. The third kappa shape index (κ3) is 3.57. The topological polar surface area (TPSA) is 109 Å². The molecule has 9 heteroatoms. The summed E-state index contributed by atoms with van der Waals surface area (Å²) in [5.41, 5.74) is 1.77. The number of carbonyl (C=O) groups excluding carboxylic acids is 2. The van der Waals surface area contributed by atoms with Crippen molar-refractivity contribution in [3.05, 3.63) is 35.8 Å². The Morgan fingerprint density at radius 1 is 1.40 bits per heavy atom. The highest BCUT2D eigenvalue weighted by Crippen LogP contribution is 2.39. The van der Waals surface area contributed by atoms with Crippen molar-refractivity contribution in [1.82, 2.24) is 25.8 Å². The number of benzene rings is 1. The van der Waals surface area contributed by atoms with Crippen LogP contribution in [0.25, 0.3) is 10.9 Å². The Hall–Kier alpha value is -2.49. The largest absolute Gasteiger partial charge is 0.394 e. The number of aliphatic hydroxyl groups is 1. The first-order valence-electron chi connectivity index (χ1n) is 10.3. The summed E-state index contributed by atoms with van der Waals surface area (Å²) in [7, 11) is 1.66. The third-order valence-electron chi connectivity index (χ3n) is 6.45. The van der Waals surface area contributed by atoms with E-state index in [1.807, 2.05) is 6.20 Å². The number of likely N-dealkylation sites (N-methyl/N-ethyl adjacent to an activating group) is 1. The summed E-state index contributed by atoms with van der Waals surface area (Å²) in [6.07, 6.45) is 2.70. The van der Waals surface area contributed by atoms with E-state index >= 15 is 0 Å². The second-order valence-corrected chi connectivity index (χ2v) is 8.12. The molecule has 1 aromatic heterocycles. The molecule has 2 aliphatic heterocycles. The summed E-state index contributed by atoms with van der Waals surface area (Å²) < 4.78 is 13.6. The molecule has 3 heterocycles. The maximum absolute atomic E-state index is 13.6. The predicted molar refractivity (Wildman–Crippen MR) is 110 cm³/mol. The van der Waals surface area contributed by atoms with Crippen molar-refractivity contribution in [2.24, 2.45) is 0 Å². The van der Waals surface area contributed by atoms with Crippen LogP contribution < -0.4 is 16.0 Å². The van der Waals surface area contributed by atoms with Gasteiger partial charge in [0.25, 0.3) is 0 Å². The molecule has 30 heavy (non-hydrogen) atoms. The number of nitrogens with zero attached hydrogens (tertiary/aromatic N) is 1. The van der Waals surface area contributed by atoms with Crippen molar-refractivity contribution >= 4 is 22.7 Å². The lowest BCUT2D eigenvalue weighted by molar-refractivity contribution is -0.138. The first kappa shape index (κ1) is 20.8. The standard InChI is InChI=1S/C21H28FN5O3/c1-11(23-2)20(29)26-18(10-28)21(30)27-6-5-16-19(27)15(9-24-16)14-8-25-17-7-12(22)3-4-13(14)17/h3-4,7-8,11,15-16,18-19,23-25,28H,5-6,9-10H2,1-2H3,(H,26,29). The van der Waals surface area contributed by atoms with Crippen LogP contribution in [-0.4, -0.2) is 77.7 Å². The minimum absolute atomic E-state index is 0.0342. The highest BCUT2D eigenvalue weighted by molar-refractivity contribution is 5.90. The third-order valence-corrected chi connectivity index (χ3v) is 6.45.